The number of hydrogen-bond acceptors (Lipinski definition) is 5. The Kier molecular flexibility index (Phi) is 5.21. The highest BCUT2D eigenvalue weighted by molar-refractivity contribution is 9.10. The molecule has 0 fully saturated rings. The van der Waals surface area contributed by atoms with Crippen LogP contribution in [0.4, 0.5) is 5.69 Å². The van der Waals surface area contributed by atoms with E-state index in [1.165, 1.54) is 18.2 Å². The fourth-order valence-electron chi connectivity index (χ4n) is 1.51. The van der Waals surface area contributed by atoms with Gasteiger partial charge in [-0.05, 0) is 18.2 Å². The van der Waals surface area contributed by atoms with Crippen LogP contribution >= 0.6 is 50.5 Å². The van der Waals surface area contributed by atoms with E-state index in [4.69, 9.17) is 27.9 Å². The van der Waals surface area contributed by atoms with Crippen LogP contribution in [0.3, 0.4) is 0 Å². The largest absolute Gasteiger partial charge is 0.478 e. The summed E-state index contributed by atoms with van der Waals surface area (Å²) in [6.07, 6.45) is 0. The van der Waals surface area contributed by atoms with Crippen molar-refractivity contribution >= 4 is 61.9 Å². The Morgan fingerprint density at radius 2 is 2.10 bits per heavy atom. The molecule has 0 aliphatic carbocycles. The molecule has 5 nitrogen and oxygen atoms in total. The molecule has 1 heterocycles. The van der Waals surface area contributed by atoms with Crippen LogP contribution in [0.15, 0.2) is 28.7 Å². The zero-order valence-corrected chi connectivity index (χ0v) is 14.1. The minimum absolute atomic E-state index is 0.00833. The quantitative estimate of drug-likeness (QED) is 0.395. The zero-order chi connectivity index (χ0) is 15.6. The first-order valence-corrected chi connectivity index (χ1v) is 7.80. The van der Waals surface area contributed by atoms with Crippen LogP contribution in [0.2, 0.25) is 8.67 Å². The summed E-state index contributed by atoms with van der Waals surface area (Å²) in [6.45, 7) is -0.366. The van der Waals surface area contributed by atoms with Crippen molar-refractivity contribution in [3.63, 3.8) is 0 Å². The first-order valence-electron chi connectivity index (χ1n) is 5.43. The van der Waals surface area contributed by atoms with Gasteiger partial charge in [0.05, 0.1) is 14.8 Å². The Hall–Kier alpha value is -1.15. The first-order chi connectivity index (χ1) is 9.88. The molecule has 0 bridgehead atoms. The van der Waals surface area contributed by atoms with Crippen LogP contribution in [0.1, 0.15) is 10.4 Å². The van der Waals surface area contributed by atoms with Gasteiger partial charge in [0, 0.05) is 10.5 Å². The highest BCUT2D eigenvalue weighted by Crippen LogP contribution is 2.33. The third-order valence-electron chi connectivity index (χ3n) is 2.43. The Bertz CT molecular complexity index is 719. The van der Waals surface area contributed by atoms with Crippen molar-refractivity contribution in [1.82, 2.24) is 0 Å². The maximum atomic E-state index is 12.0. The molecule has 0 aliphatic rings. The number of Topliss-reactive ketones (excluding diaryl/α,β-unsaturated/α-hetero) is 1. The van der Waals surface area contributed by atoms with Gasteiger partial charge in [-0.15, -0.1) is 11.3 Å². The van der Waals surface area contributed by atoms with Crippen LogP contribution < -0.4 is 4.74 Å². The number of halogens is 3. The van der Waals surface area contributed by atoms with Crippen molar-refractivity contribution in [2.45, 2.75) is 0 Å². The van der Waals surface area contributed by atoms with Crippen molar-refractivity contribution in [1.29, 1.82) is 0 Å². The lowest BCUT2D eigenvalue weighted by molar-refractivity contribution is -0.385. The minimum atomic E-state index is -0.584. The Morgan fingerprint density at radius 1 is 1.38 bits per heavy atom. The number of ether oxygens (including phenoxy) is 1. The number of nitrogens with zero attached hydrogens (tertiary/aromatic N) is 1. The van der Waals surface area contributed by atoms with Gasteiger partial charge in [0.2, 0.25) is 5.78 Å². The van der Waals surface area contributed by atoms with Crippen LogP contribution in [0, 0.1) is 10.1 Å². The van der Waals surface area contributed by atoms with Crippen molar-refractivity contribution < 1.29 is 14.5 Å². The number of nitro groups is 1. The van der Waals surface area contributed by atoms with Crippen molar-refractivity contribution in [3.8, 4) is 5.75 Å². The van der Waals surface area contributed by atoms with Gasteiger partial charge in [-0.1, -0.05) is 39.1 Å². The van der Waals surface area contributed by atoms with Gasteiger partial charge in [0.25, 0.3) is 0 Å². The number of carbonyl (C=O) groups is 1. The fourth-order valence-corrected chi connectivity index (χ4v) is 3.35. The summed E-state index contributed by atoms with van der Waals surface area (Å²) >= 11 is 15.8. The molecule has 0 unspecified atom stereocenters. The summed E-state index contributed by atoms with van der Waals surface area (Å²) in [4.78, 5) is 22.3. The molecule has 0 radical (unpaired) electrons. The molecule has 0 amide bonds. The summed E-state index contributed by atoms with van der Waals surface area (Å²) in [5, 5.41) is 10.9. The Labute approximate surface area is 141 Å². The molecule has 0 saturated carbocycles. The number of rotatable bonds is 5. The van der Waals surface area contributed by atoms with Gasteiger partial charge in [0.1, 0.15) is 4.34 Å². The van der Waals surface area contributed by atoms with Crippen LogP contribution in [-0.2, 0) is 0 Å². The number of nitro benzene ring substituents is 1. The molecule has 0 spiro atoms. The van der Waals surface area contributed by atoms with Gasteiger partial charge >= 0.3 is 5.69 Å². The van der Waals surface area contributed by atoms with Gasteiger partial charge in [0.15, 0.2) is 12.4 Å². The van der Waals surface area contributed by atoms with Crippen LogP contribution in [-0.4, -0.2) is 17.3 Å². The van der Waals surface area contributed by atoms with E-state index in [1.54, 1.807) is 6.07 Å². The van der Waals surface area contributed by atoms with Crippen molar-refractivity contribution in [3.05, 3.63) is 53.1 Å². The summed E-state index contributed by atoms with van der Waals surface area (Å²) in [5.74, 6) is -0.394. The monoisotopic (exact) mass is 409 g/mol. The molecule has 0 aliphatic heterocycles. The summed E-state index contributed by atoms with van der Waals surface area (Å²) in [7, 11) is 0. The SMILES string of the molecule is O=C(COc1ccc(Br)cc1[N+](=O)[O-])c1cc(Cl)sc1Cl. The van der Waals surface area contributed by atoms with E-state index < -0.39 is 10.7 Å². The second kappa shape index (κ2) is 6.74. The van der Waals surface area contributed by atoms with E-state index in [0.717, 1.165) is 11.3 Å². The van der Waals surface area contributed by atoms with E-state index in [0.29, 0.717) is 8.81 Å². The normalized spacial score (nSPS) is 10.4. The molecule has 110 valence electrons. The molecule has 21 heavy (non-hydrogen) atoms. The van der Waals surface area contributed by atoms with Crippen LogP contribution in [0.5, 0.6) is 5.75 Å². The third-order valence-corrected chi connectivity index (χ3v) is 4.41. The Morgan fingerprint density at radius 3 is 2.67 bits per heavy atom. The molecule has 2 rings (SSSR count). The van der Waals surface area contributed by atoms with Crippen LogP contribution in [0.25, 0.3) is 0 Å². The summed E-state index contributed by atoms with van der Waals surface area (Å²) < 4.78 is 6.42. The zero-order valence-electron chi connectivity index (χ0n) is 10.1. The summed E-state index contributed by atoms with van der Waals surface area (Å²) in [6, 6.07) is 5.74. The lowest BCUT2D eigenvalue weighted by Crippen LogP contribution is -2.12. The Balaban J connectivity index is 2.15. The van der Waals surface area contributed by atoms with Gasteiger partial charge in [-0.3, -0.25) is 14.9 Å². The number of hydrogen-bond donors (Lipinski definition) is 0. The van der Waals surface area contributed by atoms with Gasteiger partial charge < -0.3 is 4.74 Å². The number of thiophene rings is 1. The molecular weight excluding hydrogens is 405 g/mol. The van der Waals surface area contributed by atoms with E-state index in [-0.39, 0.29) is 27.9 Å². The average molecular weight is 411 g/mol. The third kappa shape index (κ3) is 3.94. The number of carbonyl (C=O) groups excluding carboxylic acids is 1. The smallest absolute Gasteiger partial charge is 0.312 e. The second-order valence-corrected chi connectivity index (χ2v) is 7.02. The predicted molar refractivity (Wildman–Crippen MR) is 85.0 cm³/mol. The standard InChI is InChI=1S/C12H6BrCl2NO4S/c13-6-1-2-10(8(3-6)16(18)19)20-5-9(17)7-4-11(14)21-12(7)15/h1-4H,5H2. The van der Waals surface area contributed by atoms with E-state index in [9.17, 15) is 14.9 Å². The highest BCUT2D eigenvalue weighted by atomic mass is 79.9. The van der Waals surface area contributed by atoms with Crippen molar-refractivity contribution in [2.75, 3.05) is 6.61 Å². The molecule has 1 aromatic heterocycles. The highest BCUT2D eigenvalue weighted by Gasteiger charge is 2.19. The van der Waals surface area contributed by atoms with E-state index >= 15 is 0 Å². The lowest BCUT2D eigenvalue weighted by atomic mass is 10.2. The average Bonchev–Trinajstić information content (AvgIpc) is 2.75. The maximum absolute atomic E-state index is 12.0. The molecule has 1 aromatic carbocycles. The van der Waals surface area contributed by atoms with E-state index in [2.05, 4.69) is 15.9 Å². The van der Waals surface area contributed by atoms with Crippen molar-refractivity contribution in [2.24, 2.45) is 0 Å². The first kappa shape index (κ1) is 16.2. The predicted octanol–water partition coefficient (Wildman–Crippen LogP) is 4.99. The lowest BCUT2D eigenvalue weighted by Gasteiger charge is -2.06. The molecule has 0 atom stereocenters. The van der Waals surface area contributed by atoms with E-state index in [1.807, 2.05) is 0 Å². The maximum Gasteiger partial charge on any atom is 0.312 e. The molecular formula is C12H6BrCl2NO4S. The topological polar surface area (TPSA) is 69.4 Å². The molecule has 0 N–H and O–H groups in total. The molecule has 9 heteroatoms. The summed E-state index contributed by atoms with van der Waals surface area (Å²) in [5.41, 5.74) is 0.0121. The number of benzene rings is 1. The molecule has 0 saturated heterocycles. The molecule has 2 aromatic rings. The van der Waals surface area contributed by atoms with Gasteiger partial charge in [-0.25, -0.2) is 0 Å². The fraction of sp³-hybridized carbons (Fsp3) is 0.0833. The minimum Gasteiger partial charge on any atom is -0.478 e. The second-order valence-electron chi connectivity index (χ2n) is 3.82. The number of ketones is 1. The van der Waals surface area contributed by atoms with Gasteiger partial charge in [-0.2, -0.15) is 0 Å².